The Morgan fingerprint density at radius 2 is 2.00 bits per heavy atom. The first kappa shape index (κ1) is 16.3. The number of hydrogen-bond acceptors (Lipinski definition) is 3. The van der Waals surface area contributed by atoms with Crippen molar-refractivity contribution in [1.82, 2.24) is 9.88 Å². The number of aryl methyl sites for hydroxylation is 1. The zero-order chi connectivity index (χ0) is 14.8. The third kappa shape index (κ3) is 3.21. The minimum atomic E-state index is -0.161. The molecule has 0 bridgehead atoms. The Labute approximate surface area is 134 Å². The predicted octanol–water partition coefficient (Wildman–Crippen LogP) is 2.15. The van der Waals surface area contributed by atoms with E-state index < -0.39 is 0 Å². The number of nitrogens with zero attached hydrogens (tertiary/aromatic N) is 1. The summed E-state index contributed by atoms with van der Waals surface area (Å²) in [5.74, 6) is -0.161. The molecule has 2 heterocycles. The summed E-state index contributed by atoms with van der Waals surface area (Å²) in [6.07, 6.45) is 1.66. The van der Waals surface area contributed by atoms with Gasteiger partial charge in [0.1, 0.15) is 0 Å². The maximum Gasteiger partial charge on any atom is 0.255 e. The van der Waals surface area contributed by atoms with Gasteiger partial charge in [0.2, 0.25) is 0 Å². The fourth-order valence-electron chi connectivity index (χ4n) is 2.49. The zero-order valence-electron chi connectivity index (χ0n) is 12.3. The highest BCUT2D eigenvalue weighted by molar-refractivity contribution is 6.04. The van der Waals surface area contributed by atoms with Crippen molar-refractivity contribution in [2.24, 2.45) is 0 Å². The summed E-state index contributed by atoms with van der Waals surface area (Å²) in [6, 6.07) is 8.82. The van der Waals surface area contributed by atoms with Crippen molar-refractivity contribution in [3.8, 4) is 0 Å². The Balaban J connectivity index is 0.00000176. The molecule has 6 heteroatoms. The summed E-state index contributed by atoms with van der Waals surface area (Å²) in [5, 5.41) is 6.09. The molecular formula is C16H18ClN3O2. The lowest BCUT2D eigenvalue weighted by Gasteiger charge is -2.09. The SMILES string of the molecule is CCn1cc(NC(=O)c2ccc3c(c2)CNC3)ccc1=O.Cl. The Morgan fingerprint density at radius 3 is 2.77 bits per heavy atom. The third-order valence-electron chi connectivity index (χ3n) is 3.68. The van der Waals surface area contributed by atoms with Crippen LogP contribution in [-0.4, -0.2) is 10.5 Å². The molecule has 2 N–H and O–H groups in total. The zero-order valence-corrected chi connectivity index (χ0v) is 13.1. The number of carbonyl (C=O) groups excluding carboxylic acids is 1. The second kappa shape index (κ2) is 6.77. The van der Waals surface area contributed by atoms with Gasteiger partial charge >= 0.3 is 0 Å². The minimum absolute atomic E-state index is 0. The first-order valence-electron chi connectivity index (χ1n) is 7.01. The van der Waals surface area contributed by atoms with Crippen LogP contribution in [0.15, 0.2) is 41.3 Å². The fourth-order valence-corrected chi connectivity index (χ4v) is 2.49. The van der Waals surface area contributed by atoms with Gasteiger partial charge in [0.05, 0.1) is 5.69 Å². The van der Waals surface area contributed by atoms with E-state index in [4.69, 9.17) is 0 Å². The van der Waals surface area contributed by atoms with E-state index in [9.17, 15) is 9.59 Å². The monoisotopic (exact) mass is 319 g/mol. The summed E-state index contributed by atoms with van der Waals surface area (Å²) in [6.45, 7) is 4.13. The first-order chi connectivity index (χ1) is 10.2. The van der Waals surface area contributed by atoms with Gasteiger partial charge in [0.25, 0.3) is 11.5 Å². The van der Waals surface area contributed by atoms with Crippen molar-refractivity contribution in [3.63, 3.8) is 0 Å². The highest BCUT2D eigenvalue weighted by Gasteiger charge is 2.13. The van der Waals surface area contributed by atoms with Gasteiger partial charge in [-0.15, -0.1) is 12.4 Å². The summed E-state index contributed by atoms with van der Waals surface area (Å²) >= 11 is 0. The Kier molecular flexibility index (Phi) is 5.00. The van der Waals surface area contributed by atoms with E-state index in [1.54, 1.807) is 16.8 Å². The van der Waals surface area contributed by atoms with Crippen LogP contribution >= 0.6 is 12.4 Å². The van der Waals surface area contributed by atoms with Crippen LogP contribution in [0, 0.1) is 0 Å². The van der Waals surface area contributed by atoms with Gasteiger partial charge in [-0.3, -0.25) is 9.59 Å². The lowest BCUT2D eigenvalue weighted by molar-refractivity contribution is 0.102. The molecule has 0 spiro atoms. The van der Waals surface area contributed by atoms with Gasteiger partial charge in [-0.25, -0.2) is 0 Å². The van der Waals surface area contributed by atoms with Gasteiger partial charge in [0, 0.05) is 37.5 Å². The Hall–Kier alpha value is -2.11. The number of amides is 1. The Morgan fingerprint density at radius 1 is 1.23 bits per heavy atom. The molecule has 5 nitrogen and oxygen atoms in total. The molecule has 1 aromatic carbocycles. The molecule has 1 aliphatic heterocycles. The van der Waals surface area contributed by atoms with E-state index in [-0.39, 0.29) is 23.9 Å². The lowest BCUT2D eigenvalue weighted by atomic mass is 10.1. The van der Waals surface area contributed by atoms with Crippen molar-refractivity contribution < 1.29 is 4.79 Å². The molecule has 116 valence electrons. The fraction of sp³-hybridized carbons (Fsp3) is 0.250. The molecule has 0 fully saturated rings. The number of aromatic nitrogens is 1. The van der Waals surface area contributed by atoms with Crippen LogP contribution in [0.1, 0.15) is 28.4 Å². The molecule has 2 aromatic rings. The highest BCUT2D eigenvalue weighted by atomic mass is 35.5. The number of pyridine rings is 1. The van der Waals surface area contributed by atoms with E-state index in [2.05, 4.69) is 10.6 Å². The molecule has 0 radical (unpaired) electrons. The molecule has 0 atom stereocenters. The topological polar surface area (TPSA) is 63.1 Å². The van der Waals surface area contributed by atoms with Gasteiger partial charge in [-0.2, -0.15) is 0 Å². The van der Waals surface area contributed by atoms with Gasteiger partial charge in [0.15, 0.2) is 0 Å². The molecule has 0 saturated heterocycles. The number of rotatable bonds is 3. The quantitative estimate of drug-likeness (QED) is 0.911. The van der Waals surface area contributed by atoms with Gasteiger partial charge in [-0.05, 0) is 36.2 Å². The number of anilines is 1. The van der Waals surface area contributed by atoms with Crippen molar-refractivity contribution in [1.29, 1.82) is 0 Å². The second-order valence-electron chi connectivity index (χ2n) is 5.08. The number of halogens is 1. The van der Waals surface area contributed by atoms with E-state index in [1.165, 1.54) is 17.2 Å². The van der Waals surface area contributed by atoms with Crippen molar-refractivity contribution in [2.75, 3.05) is 5.32 Å². The van der Waals surface area contributed by atoms with Crippen LogP contribution in [0.3, 0.4) is 0 Å². The first-order valence-corrected chi connectivity index (χ1v) is 7.01. The van der Waals surface area contributed by atoms with Crippen LogP contribution in [0.25, 0.3) is 0 Å². The van der Waals surface area contributed by atoms with E-state index in [1.807, 2.05) is 25.1 Å². The average molecular weight is 320 g/mol. The van der Waals surface area contributed by atoms with Crippen molar-refractivity contribution in [2.45, 2.75) is 26.6 Å². The van der Waals surface area contributed by atoms with E-state index >= 15 is 0 Å². The van der Waals surface area contributed by atoms with Crippen LogP contribution < -0.4 is 16.2 Å². The smallest absolute Gasteiger partial charge is 0.255 e. The highest BCUT2D eigenvalue weighted by Crippen LogP contribution is 2.18. The molecule has 1 aromatic heterocycles. The number of hydrogen-bond donors (Lipinski definition) is 2. The van der Waals surface area contributed by atoms with E-state index in [0.717, 1.165) is 13.1 Å². The van der Waals surface area contributed by atoms with Crippen LogP contribution in [0.5, 0.6) is 0 Å². The summed E-state index contributed by atoms with van der Waals surface area (Å²) in [7, 11) is 0. The normalized spacial score (nSPS) is 12.4. The number of nitrogens with one attached hydrogen (secondary N) is 2. The minimum Gasteiger partial charge on any atom is -0.321 e. The second-order valence-corrected chi connectivity index (χ2v) is 5.08. The standard InChI is InChI=1S/C16H17N3O2.ClH/c1-2-19-10-14(5-6-15(19)20)18-16(21)11-3-4-12-8-17-9-13(12)7-11;/h3-7,10,17H,2,8-9H2,1H3,(H,18,21);1H. The summed E-state index contributed by atoms with van der Waals surface area (Å²) in [5.41, 5.74) is 3.60. The van der Waals surface area contributed by atoms with Crippen LogP contribution in [0.2, 0.25) is 0 Å². The molecular weight excluding hydrogens is 302 g/mol. The molecule has 1 aliphatic rings. The van der Waals surface area contributed by atoms with Crippen LogP contribution in [-0.2, 0) is 19.6 Å². The summed E-state index contributed by atoms with van der Waals surface area (Å²) in [4.78, 5) is 23.8. The summed E-state index contributed by atoms with van der Waals surface area (Å²) < 4.78 is 1.56. The van der Waals surface area contributed by atoms with Crippen LogP contribution in [0.4, 0.5) is 5.69 Å². The van der Waals surface area contributed by atoms with E-state index in [0.29, 0.717) is 17.8 Å². The molecule has 0 aliphatic carbocycles. The van der Waals surface area contributed by atoms with Gasteiger partial charge in [-0.1, -0.05) is 6.07 Å². The molecule has 3 rings (SSSR count). The predicted molar refractivity (Wildman–Crippen MR) is 88.6 cm³/mol. The molecule has 1 amide bonds. The third-order valence-corrected chi connectivity index (χ3v) is 3.68. The average Bonchev–Trinajstić information content (AvgIpc) is 2.96. The molecule has 22 heavy (non-hydrogen) atoms. The maximum atomic E-state index is 12.3. The number of carbonyl (C=O) groups is 1. The number of fused-ring (bicyclic) bond motifs is 1. The Bertz CT molecular complexity index is 755. The molecule has 0 unspecified atom stereocenters. The largest absolute Gasteiger partial charge is 0.321 e. The molecule has 0 saturated carbocycles. The van der Waals surface area contributed by atoms with Gasteiger partial charge < -0.3 is 15.2 Å². The van der Waals surface area contributed by atoms with Crippen molar-refractivity contribution in [3.05, 3.63) is 63.6 Å². The maximum absolute atomic E-state index is 12.3. The van der Waals surface area contributed by atoms with Crippen molar-refractivity contribution >= 4 is 24.0 Å². The number of benzene rings is 1. The lowest BCUT2D eigenvalue weighted by Crippen LogP contribution is -2.19.